The minimum atomic E-state index is -1.10. The van der Waals surface area contributed by atoms with E-state index in [4.69, 9.17) is 14.8 Å². The summed E-state index contributed by atoms with van der Waals surface area (Å²) >= 11 is 1.44. The number of rotatable bonds is 13. The van der Waals surface area contributed by atoms with Gasteiger partial charge in [-0.15, -0.1) is 0 Å². The number of piperidine rings is 1. The van der Waals surface area contributed by atoms with E-state index >= 15 is 0 Å². The van der Waals surface area contributed by atoms with Crippen molar-refractivity contribution in [3.8, 4) is 16.9 Å². The van der Waals surface area contributed by atoms with Crippen LogP contribution in [0.3, 0.4) is 0 Å². The van der Waals surface area contributed by atoms with E-state index < -0.39 is 11.9 Å². The third kappa shape index (κ3) is 9.52. The number of para-hydroxylation sites is 2. The summed E-state index contributed by atoms with van der Waals surface area (Å²) in [7, 11) is 1.94. The molecule has 7 aromatic rings. The molecule has 0 radical (unpaired) electrons. The van der Waals surface area contributed by atoms with Gasteiger partial charge >= 0.3 is 5.97 Å². The van der Waals surface area contributed by atoms with Crippen LogP contribution in [0.2, 0.25) is 0 Å². The molecule has 0 spiro atoms. The quantitative estimate of drug-likeness (QED) is 0.0937. The van der Waals surface area contributed by atoms with Crippen molar-refractivity contribution in [3.05, 3.63) is 125 Å². The number of piperazine rings is 1. The highest BCUT2D eigenvalue weighted by Gasteiger charge is 2.33. The van der Waals surface area contributed by atoms with Crippen molar-refractivity contribution in [2.24, 2.45) is 13.0 Å². The van der Waals surface area contributed by atoms with Crippen LogP contribution in [-0.2, 0) is 29.6 Å². The highest BCUT2D eigenvalue weighted by molar-refractivity contribution is 7.22. The zero-order chi connectivity index (χ0) is 49.5. The highest BCUT2D eigenvalue weighted by Crippen LogP contribution is 2.39. The molecule has 72 heavy (non-hydrogen) atoms. The lowest BCUT2D eigenvalue weighted by molar-refractivity contribution is -0.134. The van der Waals surface area contributed by atoms with Gasteiger partial charge in [0.05, 0.1) is 39.1 Å². The molecule has 3 fully saturated rings. The van der Waals surface area contributed by atoms with Gasteiger partial charge in [-0.25, -0.2) is 14.8 Å². The Hall–Kier alpha value is -7.17. The number of amides is 3. The van der Waals surface area contributed by atoms with E-state index in [0.717, 1.165) is 125 Å². The third-order valence-electron chi connectivity index (χ3n) is 15.3. The van der Waals surface area contributed by atoms with Crippen LogP contribution in [0.4, 0.5) is 16.6 Å². The van der Waals surface area contributed by atoms with Crippen LogP contribution in [0.15, 0.2) is 91.0 Å². The fraction of sp³-hybridized carbons (Fsp3) is 0.375. The molecule has 6 heterocycles. The summed E-state index contributed by atoms with van der Waals surface area (Å²) in [6.45, 7) is 7.95. The molecular formula is C56H59N9O6S. The Labute approximate surface area is 422 Å². The molecule has 11 rings (SSSR count). The molecule has 4 aliphatic rings. The summed E-state index contributed by atoms with van der Waals surface area (Å²) in [4.78, 5) is 67.5. The molecule has 4 aromatic carbocycles. The van der Waals surface area contributed by atoms with Crippen molar-refractivity contribution in [1.82, 2.24) is 30.0 Å². The summed E-state index contributed by atoms with van der Waals surface area (Å²) < 4.78 is 9.59. The number of aromatic carboxylic acids is 1. The number of hydrogen-bond acceptors (Lipinski definition) is 12. The average molecular weight is 986 g/mol. The standard InChI is InChI=1S/C56H59N9O6S/c1-34-38(39-22-24-48(58-51(39)55(69)70)65-28-26-36-10-5-12-40(43(36)33-65)53(67)60-56-57-44-14-3-4-17-47(44)72-56)11-7-16-46(34)71-37-20-18-35(19-21-37)9-8-27-63-29-31-64(32-30-63)45-15-6-13-41-50(61-62(2)52(41)45)42-23-25-49(66)59-54(42)68/h3-7,10-17,22,24,35,37,42H,8-9,18-21,23,25-33H2,1-2H3,(H,69,70)(H,57,60,67)(H,59,66,68)/t35-,37-,42?. The van der Waals surface area contributed by atoms with E-state index in [1.54, 1.807) is 0 Å². The second kappa shape index (κ2) is 20.1. The predicted octanol–water partition coefficient (Wildman–Crippen LogP) is 9.13. The van der Waals surface area contributed by atoms with Crippen molar-refractivity contribution in [3.63, 3.8) is 0 Å². The molecule has 3 amide bonds. The maximum atomic E-state index is 13.7. The number of carboxylic acid groups (broad SMARTS) is 1. The fourth-order valence-electron chi connectivity index (χ4n) is 11.5. The van der Waals surface area contributed by atoms with Gasteiger partial charge in [0.1, 0.15) is 11.6 Å². The number of aryl methyl sites for hydroxylation is 1. The first-order chi connectivity index (χ1) is 35.0. The lowest BCUT2D eigenvalue weighted by Crippen LogP contribution is -2.46. The molecule has 1 unspecified atom stereocenters. The normalized spacial score (nSPS) is 19.6. The van der Waals surface area contributed by atoms with E-state index in [1.807, 2.05) is 102 Å². The number of hydrogen-bond donors (Lipinski definition) is 3. The molecule has 3 aliphatic heterocycles. The SMILES string of the molecule is Cc1c(O[C@H]2CC[C@H](CCCN3CCN(c4cccc5c(C6CCC(=O)NC6=O)nn(C)c45)CC3)CC2)cccc1-c1ccc(N2CCc3cccc(C(=O)Nc4nc5ccccc5s4)c3C2)nc1C(=O)O. The minimum absolute atomic E-state index is 0.0211. The first-order valence-electron chi connectivity index (χ1n) is 25.3. The Morgan fingerprint density at radius 1 is 0.833 bits per heavy atom. The first kappa shape index (κ1) is 47.2. The molecule has 1 aliphatic carbocycles. The van der Waals surface area contributed by atoms with Crippen LogP contribution in [0.25, 0.3) is 32.2 Å². The molecule has 0 bridgehead atoms. The van der Waals surface area contributed by atoms with Crippen LogP contribution in [0.5, 0.6) is 5.75 Å². The van der Waals surface area contributed by atoms with Gasteiger partial charge in [0, 0.05) is 69.3 Å². The molecule has 15 nitrogen and oxygen atoms in total. The van der Waals surface area contributed by atoms with Gasteiger partial charge in [-0.3, -0.25) is 34.6 Å². The summed E-state index contributed by atoms with van der Waals surface area (Å²) in [5, 5.41) is 22.4. The van der Waals surface area contributed by atoms with E-state index in [0.29, 0.717) is 60.3 Å². The van der Waals surface area contributed by atoms with E-state index in [2.05, 4.69) is 37.6 Å². The van der Waals surface area contributed by atoms with Crippen LogP contribution in [0.1, 0.15) is 101 Å². The summed E-state index contributed by atoms with van der Waals surface area (Å²) in [5.74, 6) is -0.238. The van der Waals surface area contributed by atoms with Crippen molar-refractivity contribution in [2.45, 2.75) is 83.3 Å². The number of thiazole rings is 1. The molecule has 2 saturated heterocycles. The minimum Gasteiger partial charge on any atom is -0.490 e. The fourth-order valence-corrected chi connectivity index (χ4v) is 12.3. The number of pyridine rings is 1. The van der Waals surface area contributed by atoms with Crippen LogP contribution < -0.4 is 25.2 Å². The summed E-state index contributed by atoms with van der Waals surface area (Å²) in [5.41, 5.74) is 8.50. The van der Waals surface area contributed by atoms with Crippen LogP contribution >= 0.6 is 11.3 Å². The molecule has 3 aromatic heterocycles. The Bertz CT molecular complexity index is 3190. The Morgan fingerprint density at radius 2 is 1.64 bits per heavy atom. The van der Waals surface area contributed by atoms with Gasteiger partial charge in [0.15, 0.2) is 10.8 Å². The molecular weight excluding hydrogens is 927 g/mol. The monoisotopic (exact) mass is 985 g/mol. The highest BCUT2D eigenvalue weighted by atomic mass is 32.1. The van der Waals surface area contributed by atoms with Gasteiger partial charge in [-0.05, 0) is 135 Å². The van der Waals surface area contributed by atoms with Gasteiger partial charge in [0.2, 0.25) is 11.8 Å². The predicted molar refractivity (Wildman–Crippen MR) is 280 cm³/mol. The van der Waals surface area contributed by atoms with Gasteiger partial charge in [-0.1, -0.05) is 59.9 Å². The molecule has 1 atom stereocenters. The lowest BCUT2D eigenvalue weighted by Gasteiger charge is -2.37. The number of carbonyl (C=O) groups excluding carboxylic acids is 3. The van der Waals surface area contributed by atoms with Crippen LogP contribution in [0, 0.1) is 12.8 Å². The van der Waals surface area contributed by atoms with Gasteiger partial charge in [-0.2, -0.15) is 5.10 Å². The number of fused-ring (bicyclic) bond motifs is 3. The number of anilines is 3. The van der Waals surface area contributed by atoms with Crippen molar-refractivity contribution in [1.29, 1.82) is 0 Å². The van der Waals surface area contributed by atoms with E-state index in [1.165, 1.54) is 17.8 Å². The lowest BCUT2D eigenvalue weighted by atomic mass is 9.84. The second-order valence-electron chi connectivity index (χ2n) is 19.8. The van der Waals surface area contributed by atoms with E-state index in [9.17, 15) is 24.3 Å². The van der Waals surface area contributed by atoms with E-state index in [-0.39, 0.29) is 29.5 Å². The molecule has 3 N–H and O–H groups in total. The Balaban J connectivity index is 0.672. The number of nitrogens with one attached hydrogen (secondary N) is 2. The number of carbonyl (C=O) groups is 4. The number of nitrogens with zero attached hydrogens (tertiary/aromatic N) is 7. The number of ether oxygens (including phenoxy) is 1. The molecule has 1 saturated carbocycles. The maximum absolute atomic E-state index is 13.7. The molecule has 370 valence electrons. The maximum Gasteiger partial charge on any atom is 0.355 e. The van der Waals surface area contributed by atoms with Crippen LogP contribution in [-0.4, -0.2) is 98.8 Å². The van der Waals surface area contributed by atoms with Gasteiger partial charge in [0.25, 0.3) is 5.91 Å². The van der Waals surface area contributed by atoms with Crippen molar-refractivity contribution in [2.75, 3.05) is 54.4 Å². The first-order valence-corrected chi connectivity index (χ1v) is 26.2. The summed E-state index contributed by atoms with van der Waals surface area (Å²) in [6, 6.07) is 29.4. The topological polar surface area (TPSA) is 175 Å². The molecule has 16 heteroatoms. The zero-order valence-electron chi connectivity index (χ0n) is 40.7. The average Bonchev–Trinajstić information content (AvgIpc) is 3.96. The number of benzene rings is 4. The second-order valence-corrected chi connectivity index (χ2v) is 20.8. The number of imide groups is 1. The summed E-state index contributed by atoms with van der Waals surface area (Å²) in [6.07, 6.45) is 8.18. The Morgan fingerprint density at radius 3 is 2.44 bits per heavy atom. The van der Waals surface area contributed by atoms with Gasteiger partial charge < -0.3 is 19.6 Å². The third-order valence-corrected chi connectivity index (χ3v) is 16.3. The van der Waals surface area contributed by atoms with Crippen molar-refractivity contribution < 1.29 is 29.0 Å². The largest absolute Gasteiger partial charge is 0.490 e. The zero-order valence-corrected chi connectivity index (χ0v) is 41.5. The van der Waals surface area contributed by atoms with Crippen molar-refractivity contribution >= 4 is 72.8 Å². The Kier molecular flexibility index (Phi) is 13.2. The number of carboxylic acids is 1. The number of aromatic nitrogens is 4. The smallest absolute Gasteiger partial charge is 0.355 e.